The maximum Gasteiger partial charge on any atom is 0.145 e. The number of rotatable bonds is 0. The standard InChI is InChI=1S/C26H20N2/c1-26(2)21-13-5-6-15-23(21)28-24-19(11-7-14-22(24)26)17-9-3-4-10-18(17)20-12-8-16-27-25(20)28/h3-16H,1-2H3. The van der Waals surface area contributed by atoms with E-state index < -0.39 is 0 Å². The fourth-order valence-corrected chi connectivity index (χ4v) is 4.93. The molecule has 2 heteroatoms. The smallest absolute Gasteiger partial charge is 0.145 e. The van der Waals surface area contributed by atoms with Gasteiger partial charge in [0, 0.05) is 22.7 Å². The monoisotopic (exact) mass is 360 g/mol. The highest BCUT2D eigenvalue weighted by Crippen LogP contribution is 2.58. The predicted octanol–water partition coefficient (Wildman–Crippen LogP) is 6.84. The molecule has 0 N–H and O–H groups in total. The number of para-hydroxylation sites is 2. The van der Waals surface area contributed by atoms with Crippen LogP contribution in [0.2, 0.25) is 0 Å². The molecule has 0 fully saturated rings. The summed E-state index contributed by atoms with van der Waals surface area (Å²) in [6, 6.07) is 28.4. The Bertz CT molecular complexity index is 1250. The first kappa shape index (κ1) is 15.6. The number of hydrogen-bond donors (Lipinski definition) is 0. The fourth-order valence-electron chi connectivity index (χ4n) is 4.93. The van der Waals surface area contributed by atoms with Crippen molar-refractivity contribution < 1.29 is 0 Å². The van der Waals surface area contributed by atoms with Crippen LogP contribution in [0.3, 0.4) is 0 Å². The summed E-state index contributed by atoms with van der Waals surface area (Å²) >= 11 is 0. The molecular formula is C26H20N2. The van der Waals surface area contributed by atoms with E-state index in [0.717, 1.165) is 5.82 Å². The van der Waals surface area contributed by atoms with Gasteiger partial charge in [-0.05, 0) is 40.5 Å². The summed E-state index contributed by atoms with van der Waals surface area (Å²) in [7, 11) is 0. The third-order valence-electron chi connectivity index (χ3n) is 6.26. The van der Waals surface area contributed by atoms with E-state index in [2.05, 4.69) is 91.5 Å². The van der Waals surface area contributed by atoms with Gasteiger partial charge in [0.15, 0.2) is 0 Å². The molecule has 0 bridgehead atoms. The van der Waals surface area contributed by atoms with Crippen LogP contribution in [0.15, 0.2) is 85.1 Å². The van der Waals surface area contributed by atoms with E-state index >= 15 is 0 Å². The Balaban J connectivity index is 1.85. The summed E-state index contributed by atoms with van der Waals surface area (Å²) in [5.41, 5.74) is 10.0. The minimum absolute atomic E-state index is 0.0767. The average Bonchev–Trinajstić information content (AvgIpc) is 2.86. The number of aromatic nitrogens is 1. The van der Waals surface area contributed by atoms with Crippen LogP contribution in [0.1, 0.15) is 25.0 Å². The Kier molecular flexibility index (Phi) is 2.98. The molecule has 28 heavy (non-hydrogen) atoms. The maximum atomic E-state index is 4.88. The summed E-state index contributed by atoms with van der Waals surface area (Å²) in [5, 5.41) is 0. The van der Waals surface area contributed by atoms with Crippen LogP contribution in [-0.4, -0.2) is 4.98 Å². The molecule has 2 aliphatic heterocycles. The predicted molar refractivity (Wildman–Crippen MR) is 115 cm³/mol. The quantitative estimate of drug-likeness (QED) is 0.300. The van der Waals surface area contributed by atoms with Crippen molar-refractivity contribution in [3.8, 4) is 22.3 Å². The van der Waals surface area contributed by atoms with Gasteiger partial charge in [-0.2, -0.15) is 0 Å². The van der Waals surface area contributed by atoms with Gasteiger partial charge >= 0.3 is 0 Å². The summed E-state index contributed by atoms with van der Waals surface area (Å²) in [6.07, 6.45) is 1.90. The lowest BCUT2D eigenvalue weighted by molar-refractivity contribution is 0.632. The molecular weight excluding hydrogens is 340 g/mol. The molecule has 134 valence electrons. The minimum atomic E-state index is -0.0767. The van der Waals surface area contributed by atoms with E-state index in [-0.39, 0.29) is 5.41 Å². The van der Waals surface area contributed by atoms with E-state index in [9.17, 15) is 0 Å². The zero-order valence-corrected chi connectivity index (χ0v) is 16.0. The first-order valence-corrected chi connectivity index (χ1v) is 9.76. The topological polar surface area (TPSA) is 16.1 Å². The van der Waals surface area contributed by atoms with Crippen molar-refractivity contribution in [3.05, 3.63) is 96.2 Å². The molecule has 3 aromatic carbocycles. The fraction of sp³-hybridized carbons (Fsp3) is 0.115. The van der Waals surface area contributed by atoms with Gasteiger partial charge in [-0.1, -0.05) is 74.5 Å². The van der Waals surface area contributed by atoms with Gasteiger partial charge in [-0.15, -0.1) is 0 Å². The van der Waals surface area contributed by atoms with Crippen LogP contribution in [0.25, 0.3) is 22.3 Å². The Morgan fingerprint density at radius 1 is 0.643 bits per heavy atom. The average molecular weight is 360 g/mol. The van der Waals surface area contributed by atoms with Crippen LogP contribution in [0.4, 0.5) is 17.2 Å². The van der Waals surface area contributed by atoms with Crippen molar-refractivity contribution in [2.45, 2.75) is 19.3 Å². The summed E-state index contributed by atoms with van der Waals surface area (Å²) in [4.78, 5) is 7.25. The molecule has 2 nitrogen and oxygen atoms in total. The number of anilines is 3. The van der Waals surface area contributed by atoms with Gasteiger partial charge in [-0.25, -0.2) is 4.98 Å². The first-order valence-electron chi connectivity index (χ1n) is 9.76. The molecule has 2 aliphatic rings. The second-order valence-electron chi connectivity index (χ2n) is 8.10. The van der Waals surface area contributed by atoms with Crippen LogP contribution in [-0.2, 0) is 5.41 Å². The van der Waals surface area contributed by atoms with E-state index in [1.807, 2.05) is 12.3 Å². The molecule has 0 unspecified atom stereocenters. The molecule has 3 heterocycles. The van der Waals surface area contributed by atoms with Crippen molar-refractivity contribution in [3.63, 3.8) is 0 Å². The number of pyridine rings is 1. The highest BCUT2D eigenvalue weighted by atomic mass is 15.2. The maximum absolute atomic E-state index is 4.88. The Labute approximate surface area is 165 Å². The second-order valence-corrected chi connectivity index (χ2v) is 8.10. The van der Waals surface area contributed by atoms with Crippen molar-refractivity contribution >= 4 is 17.2 Å². The van der Waals surface area contributed by atoms with Crippen molar-refractivity contribution in [2.24, 2.45) is 0 Å². The Morgan fingerprint density at radius 3 is 2.14 bits per heavy atom. The molecule has 0 amide bonds. The molecule has 0 saturated heterocycles. The van der Waals surface area contributed by atoms with E-state index in [1.54, 1.807) is 0 Å². The van der Waals surface area contributed by atoms with Crippen LogP contribution >= 0.6 is 0 Å². The SMILES string of the molecule is CC1(C)c2ccccc2N2c3ncccc3-c3ccccc3-c3cccc1c32. The summed E-state index contributed by atoms with van der Waals surface area (Å²) in [6.45, 7) is 4.66. The first-order chi connectivity index (χ1) is 13.7. The zero-order valence-electron chi connectivity index (χ0n) is 16.0. The lowest BCUT2D eigenvalue weighted by atomic mass is 9.72. The van der Waals surface area contributed by atoms with Crippen LogP contribution in [0, 0.1) is 0 Å². The van der Waals surface area contributed by atoms with Crippen molar-refractivity contribution in [1.82, 2.24) is 4.98 Å². The largest absolute Gasteiger partial charge is 0.293 e. The van der Waals surface area contributed by atoms with Gasteiger partial charge in [-0.3, -0.25) is 4.90 Å². The van der Waals surface area contributed by atoms with Gasteiger partial charge in [0.05, 0.1) is 11.4 Å². The summed E-state index contributed by atoms with van der Waals surface area (Å²) in [5.74, 6) is 1.00. The second kappa shape index (κ2) is 5.32. The van der Waals surface area contributed by atoms with E-state index in [4.69, 9.17) is 4.98 Å². The third kappa shape index (κ3) is 1.85. The number of benzene rings is 3. The number of hydrogen-bond acceptors (Lipinski definition) is 2. The normalized spacial score (nSPS) is 15.0. The molecule has 4 aromatic rings. The molecule has 0 spiro atoms. The number of nitrogens with zero attached hydrogens (tertiary/aromatic N) is 2. The van der Waals surface area contributed by atoms with E-state index in [0.29, 0.717) is 0 Å². The molecule has 0 aliphatic carbocycles. The van der Waals surface area contributed by atoms with Gasteiger partial charge < -0.3 is 0 Å². The highest BCUT2D eigenvalue weighted by molar-refractivity contribution is 6.04. The minimum Gasteiger partial charge on any atom is -0.293 e. The highest BCUT2D eigenvalue weighted by Gasteiger charge is 2.40. The Morgan fingerprint density at radius 2 is 1.29 bits per heavy atom. The van der Waals surface area contributed by atoms with Crippen LogP contribution in [0.5, 0.6) is 0 Å². The van der Waals surface area contributed by atoms with Crippen molar-refractivity contribution in [2.75, 3.05) is 4.90 Å². The lowest BCUT2D eigenvalue weighted by Crippen LogP contribution is -2.31. The van der Waals surface area contributed by atoms with E-state index in [1.165, 1.54) is 44.8 Å². The zero-order chi connectivity index (χ0) is 18.9. The third-order valence-corrected chi connectivity index (χ3v) is 6.26. The van der Waals surface area contributed by atoms with Crippen molar-refractivity contribution in [1.29, 1.82) is 0 Å². The van der Waals surface area contributed by atoms with Gasteiger partial charge in [0.1, 0.15) is 5.82 Å². The molecule has 1 aromatic heterocycles. The van der Waals surface area contributed by atoms with Gasteiger partial charge in [0.25, 0.3) is 0 Å². The Hall–Kier alpha value is -3.39. The molecule has 0 atom stereocenters. The lowest BCUT2D eigenvalue weighted by Gasteiger charge is -2.42. The molecule has 6 rings (SSSR count). The van der Waals surface area contributed by atoms with Gasteiger partial charge in [0.2, 0.25) is 0 Å². The molecule has 0 radical (unpaired) electrons. The molecule has 0 saturated carbocycles. The summed E-state index contributed by atoms with van der Waals surface area (Å²) < 4.78 is 0. The van der Waals surface area contributed by atoms with Crippen LogP contribution < -0.4 is 4.90 Å². The number of fused-ring (bicyclic) bond motifs is 7.